The van der Waals surface area contributed by atoms with E-state index in [0.717, 1.165) is 4.67 Å². The van der Waals surface area contributed by atoms with E-state index in [0.29, 0.717) is 0 Å². The molecule has 0 aromatic heterocycles. The van der Waals surface area contributed by atoms with Gasteiger partial charge in [-0.1, -0.05) is 9.39 Å². The third-order valence-electron chi connectivity index (χ3n) is 0.704. The Kier molecular flexibility index (Phi) is 4.14. The van der Waals surface area contributed by atoms with Crippen LogP contribution >= 0.6 is 17.0 Å². The molecule has 0 spiro atoms. The number of rotatable bonds is 4. The smallest absolute Gasteiger partial charge is 0.339 e. The van der Waals surface area contributed by atoms with Crippen molar-refractivity contribution in [1.29, 1.82) is 0 Å². The van der Waals surface area contributed by atoms with Gasteiger partial charge in [0.2, 0.25) is 0 Å². The zero-order valence-electron chi connectivity index (χ0n) is 5.54. The molecule has 3 N–H and O–H groups in total. The lowest BCUT2D eigenvalue weighted by Gasteiger charge is -2.13. The SMILES string of the molecule is O=C(O)CN(P)CP(=O)(O)O. The van der Waals surface area contributed by atoms with Gasteiger partial charge in [-0.15, -0.1) is 0 Å². The molecule has 0 bridgehead atoms. The number of carboxylic acid groups (broad SMARTS) is 1. The molecule has 0 rings (SSSR count). The fourth-order valence-corrected chi connectivity index (χ4v) is 1.83. The van der Waals surface area contributed by atoms with Crippen molar-refractivity contribution in [1.82, 2.24) is 4.67 Å². The van der Waals surface area contributed by atoms with E-state index in [2.05, 4.69) is 0 Å². The van der Waals surface area contributed by atoms with Gasteiger partial charge in [-0.3, -0.25) is 14.0 Å². The average molecular weight is 201 g/mol. The number of carboxylic acids is 1. The third-order valence-corrected chi connectivity index (χ3v) is 2.11. The number of carbonyl (C=O) groups is 1. The normalized spacial score (nSPS) is 12.0. The Labute approximate surface area is 65.6 Å². The van der Waals surface area contributed by atoms with E-state index in [1.54, 1.807) is 0 Å². The Morgan fingerprint density at radius 2 is 2.00 bits per heavy atom. The molecule has 66 valence electrons. The molecule has 0 fully saturated rings. The van der Waals surface area contributed by atoms with Gasteiger partial charge in [0.1, 0.15) is 12.8 Å². The monoisotopic (exact) mass is 201 g/mol. The van der Waals surface area contributed by atoms with Crippen LogP contribution < -0.4 is 0 Å². The van der Waals surface area contributed by atoms with E-state index in [-0.39, 0.29) is 0 Å². The minimum atomic E-state index is -4.14. The van der Waals surface area contributed by atoms with Crippen molar-refractivity contribution in [2.75, 3.05) is 12.8 Å². The van der Waals surface area contributed by atoms with Crippen molar-refractivity contribution in [2.45, 2.75) is 0 Å². The van der Waals surface area contributed by atoms with Gasteiger partial charge in [-0.25, -0.2) is 0 Å². The summed E-state index contributed by atoms with van der Waals surface area (Å²) in [5.41, 5.74) is 0. The second kappa shape index (κ2) is 4.14. The quantitative estimate of drug-likeness (QED) is 0.520. The Hall–Kier alpha value is 0.01000. The van der Waals surface area contributed by atoms with E-state index in [1.165, 1.54) is 0 Å². The summed E-state index contributed by atoms with van der Waals surface area (Å²) in [6, 6.07) is 0. The van der Waals surface area contributed by atoms with Crippen LogP contribution in [0.1, 0.15) is 0 Å². The van der Waals surface area contributed by atoms with Crippen LogP contribution in [-0.4, -0.2) is 38.4 Å². The zero-order valence-corrected chi connectivity index (χ0v) is 7.59. The predicted octanol–water partition coefficient (Wildman–Crippen LogP) is -0.702. The highest BCUT2D eigenvalue weighted by Gasteiger charge is 2.17. The molecule has 0 heterocycles. The molecule has 0 amide bonds. The van der Waals surface area contributed by atoms with E-state index in [1.807, 2.05) is 9.39 Å². The van der Waals surface area contributed by atoms with Crippen molar-refractivity contribution >= 4 is 23.0 Å². The van der Waals surface area contributed by atoms with Gasteiger partial charge in [0.15, 0.2) is 0 Å². The summed E-state index contributed by atoms with van der Waals surface area (Å²) in [7, 11) is -2.21. The maximum atomic E-state index is 10.3. The Morgan fingerprint density at radius 3 is 2.27 bits per heavy atom. The molecule has 1 atom stereocenters. The van der Waals surface area contributed by atoms with Gasteiger partial charge in [0.05, 0.1) is 0 Å². The number of hydrogen-bond donors (Lipinski definition) is 3. The average Bonchev–Trinajstić information content (AvgIpc) is 1.53. The molecule has 0 aliphatic carbocycles. The number of aliphatic carboxylic acids is 1. The molecule has 0 aromatic carbocycles. The maximum absolute atomic E-state index is 10.3. The Morgan fingerprint density at radius 1 is 1.55 bits per heavy atom. The largest absolute Gasteiger partial charge is 0.480 e. The third kappa shape index (κ3) is 7.91. The molecule has 0 saturated carbocycles. The molecule has 6 nitrogen and oxygen atoms in total. The molecular weight excluding hydrogens is 192 g/mol. The Bertz CT molecular complexity index is 188. The van der Waals surface area contributed by atoms with Crippen molar-refractivity contribution in [3.05, 3.63) is 0 Å². The predicted molar refractivity (Wildman–Crippen MR) is 41.0 cm³/mol. The number of nitrogens with zero attached hydrogens (tertiary/aromatic N) is 1. The van der Waals surface area contributed by atoms with Crippen LogP contribution in [0.25, 0.3) is 0 Å². The second-order valence-electron chi connectivity index (χ2n) is 1.95. The summed E-state index contributed by atoms with van der Waals surface area (Å²) >= 11 is 0. The summed E-state index contributed by atoms with van der Waals surface area (Å²) in [4.78, 5) is 26.7. The molecule has 0 aliphatic rings. The van der Waals surface area contributed by atoms with Gasteiger partial charge in [-0.2, -0.15) is 0 Å². The van der Waals surface area contributed by atoms with E-state index < -0.39 is 26.4 Å². The summed E-state index contributed by atoms with van der Waals surface area (Å²) < 4.78 is 11.2. The first kappa shape index (κ1) is 11.0. The molecule has 0 aliphatic heterocycles. The lowest BCUT2D eigenvalue weighted by Crippen LogP contribution is -2.21. The van der Waals surface area contributed by atoms with Gasteiger partial charge >= 0.3 is 13.6 Å². The molecule has 0 radical (unpaired) electrons. The lowest BCUT2D eigenvalue weighted by molar-refractivity contribution is -0.136. The van der Waals surface area contributed by atoms with Gasteiger partial charge in [-0.05, 0) is 0 Å². The maximum Gasteiger partial charge on any atom is 0.339 e. The van der Waals surface area contributed by atoms with Crippen LogP contribution in [0, 0.1) is 0 Å². The first-order valence-corrected chi connectivity index (χ1v) is 4.88. The van der Waals surface area contributed by atoms with E-state index in [4.69, 9.17) is 14.9 Å². The van der Waals surface area contributed by atoms with Crippen LogP contribution in [0.4, 0.5) is 0 Å². The molecular formula is C3H9NO5P2. The highest BCUT2D eigenvalue weighted by molar-refractivity contribution is 7.52. The zero-order chi connectivity index (χ0) is 9.07. The first-order valence-electron chi connectivity index (χ1n) is 2.57. The van der Waals surface area contributed by atoms with Gasteiger partial charge < -0.3 is 14.9 Å². The minimum Gasteiger partial charge on any atom is -0.480 e. The number of hydrogen-bond acceptors (Lipinski definition) is 3. The summed E-state index contributed by atoms with van der Waals surface area (Å²) in [5, 5.41) is 8.17. The van der Waals surface area contributed by atoms with Crippen molar-refractivity contribution in [3.63, 3.8) is 0 Å². The summed E-state index contributed by atoms with van der Waals surface area (Å²) in [6.45, 7) is -0.407. The van der Waals surface area contributed by atoms with Crippen LogP contribution in [0.3, 0.4) is 0 Å². The molecule has 0 aromatic rings. The van der Waals surface area contributed by atoms with E-state index >= 15 is 0 Å². The molecule has 0 saturated heterocycles. The van der Waals surface area contributed by atoms with Crippen molar-refractivity contribution in [2.24, 2.45) is 0 Å². The molecule has 8 heteroatoms. The van der Waals surface area contributed by atoms with Crippen LogP contribution in [0.5, 0.6) is 0 Å². The van der Waals surface area contributed by atoms with Gasteiger partial charge in [0, 0.05) is 0 Å². The lowest BCUT2D eigenvalue weighted by atomic mass is 10.7. The fourth-order valence-electron chi connectivity index (χ4n) is 0.460. The minimum absolute atomic E-state index is 0.407. The van der Waals surface area contributed by atoms with Gasteiger partial charge in [0.25, 0.3) is 0 Å². The highest BCUT2D eigenvalue weighted by atomic mass is 31.2. The van der Waals surface area contributed by atoms with Crippen LogP contribution in [0.15, 0.2) is 0 Å². The van der Waals surface area contributed by atoms with Crippen molar-refractivity contribution < 1.29 is 24.3 Å². The van der Waals surface area contributed by atoms with E-state index in [9.17, 15) is 9.36 Å². The second-order valence-corrected chi connectivity index (χ2v) is 4.29. The van der Waals surface area contributed by atoms with Crippen LogP contribution in [-0.2, 0) is 9.36 Å². The summed E-state index contributed by atoms with van der Waals surface area (Å²) in [6.07, 6.45) is -0.566. The fraction of sp³-hybridized carbons (Fsp3) is 0.667. The summed E-state index contributed by atoms with van der Waals surface area (Å²) in [5.74, 6) is -1.13. The van der Waals surface area contributed by atoms with Crippen molar-refractivity contribution in [3.8, 4) is 0 Å². The highest BCUT2D eigenvalue weighted by Crippen LogP contribution is 2.35. The first-order chi connectivity index (χ1) is 4.81. The topological polar surface area (TPSA) is 98.1 Å². The Balaban J connectivity index is 3.79. The van der Waals surface area contributed by atoms with Crippen LogP contribution in [0.2, 0.25) is 0 Å². The molecule has 11 heavy (non-hydrogen) atoms. The standard InChI is InChI=1S/C3H9NO5P2/c5-3(6)1-4(10)2-11(7,8)9/h1-2,10H2,(H,5,6)(H2,7,8,9). The molecule has 1 unspecified atom stereocenters.